The van der Waals surface area contributed by atoms with Crippen molar-refractivity contribution in [1.82, 2.24) is 0 Å². The van der Waals surface area contributed by atoms with Crippen molar-refractivity contribution < 1.29 is 0 Å². The minimum atomic E-state index is 1.22. The van der Waals surface area contributed by atoms with E-state index in [1.165, 1.54) is 32.3 Å². The quantitative estimate of drug-likeness (QED) is 0.590. The number of nitrogens with zero attached hydrogens (tertiary/aromatic N) is 1. The molecule has 0 saturated carbocycles. The van der Waals surface area contributed by atoms with E-state index in [2.05, 4.69) is 80.4 Å². The van der Waals surface area contributed by atoms with Gasteiger partial charge in [-0.3, -0.25) is 0 Å². The minimum absolute atomic E-state index is 1.22. The zero-order valence-electron chi connectivity index (χ0n) is 12.6. The van der Waals surface area contributed by atoms with Crippen LogP contribution in [0.3, 0.4) is 0 Å². The van der Waals surface area contributed by atoms with E-state index in [-0.39, 0.29) is 0 Å². The minimum Gasteiger partial charge on any atom is -0.344 e. The molecule has 0 amide bonds. The summed E-state index contributed by atoms with van der Waals surface area (Å²) in [7, 11) is 2.13. The van der Waals surface area contributed by atoms with E-state index in [0.29, 0.717) is 0 Å². The fraction of sp³-hybridized carbons (Fsp3) is 0.158. The summed E-state index contributed by atoms with van der Waals surface area (Å²) < 4.78 is 0. The predicted molar refractivity (Wildman–Crippen MR) is 93.7 cm³/mol. The van der Waals surface area contributed by atoms with Crippen LogP contribution in [0.15, 0.2) is 60.7 Å². The fourth-order valence-electron chi connectivity index (χ4n) is 2.60. The third-order valence-corrected chi connectivity index (χ3v) is 4.69. The topological polar surface area (TPSA) is 3.24 Å². The third kappa shape index (κ3) is 2.86. The van der Waals surface area contributed by atoms with Gasteiger partial charge in [0.15, 0.2) is 0 Å². The maximum atomic E-state index is 2.26. The maximum absolute atomic E-state index is 2.26. The van der Waals surface area contributed by atoms with Crippen LogP contribution in [0.4, 0.5) is 11.4 Å². The van der Waals surface area contributed by atoms with Crippen molar-refractivity contribution in [3.63, 3.8) is 0 Å². The SMILES string of the molecule is Cc1cc(N(C)c2ccc(-c3ccccc3)cc2)c(C)s1. The Morgan fingerprint density at radius 3 is 2.00 bits per heavy atom. The molecule has 0 fully saturated rings. The van der Waals surface area contributed by atoms with E-state index in [1.807, 2.05) is 17.4 Å². The molecule has 0 aliphatic rings. The molecule has 0 aliphatic heterocycles. The van der Waals surface area contributed by atoms with Gasteiger partial charge in [-0.2, -0.15) is 0 Å². The molecule has 1 nitrogen and oxygen atoms in total. The zero-order chi connectivity index (χ0) is 14.8. The first-order chi connectivity index (χ1) is 10.1. The molecule has 1 heterocycles. The van der Waals surface area contributed by atoms with Gasteiger partial charge in [0, 0.05) is 22.5 Å². The number of hydrogen-bond donors (Lipinski definition) is 0. The average Bonchev–Trinajstić information content (AvgIpc) is 2.86. The lowest BCUT2D eigenvalue weighted by Gasteiger charge is -2.19. The molecule has 3 rings (SSSR count). The number of aryl methyl sites for hydroxylation is 2. The van der Waals surface area contributed by atoms with E-state index in [4.69, 9.17) is 0 Å². The van der Waals surface area contributed by atoms with Crippen LogP contribution < -0.4 is 4.90 Å². The summed E-state index contributed by atoms with van der Waals surface area (Å²) in [5, 5.41) is 0. The van der Waals surface area contributed by atoms with Gasteiger partial charge in [-0.25, -0.2) is 0 Å². The summed E-state index contributed by atoms with van der Waals surface area (Å²) in [4.78, 5) is 4.98. The second kappa shape index (κ2) is 5.74. The molecule has 0 aliphatic carbocycles. The number of rotatable bonds is 3. The lowest BCUT2D eigenvalue weighted by Crippen LogP contribution is -2.09. The van der Waals surface area contributed by atoms with E-state index >= 15 is 0 Å². The molecule has 2 heteroatoms. The monoisotopic (exact) mass is 293 g/mol. The molecule has 0 radical (unpaired) electrons. The molecule has 0 spiro atoms. The largest absolute Gasteiger partial charge is 0.344 e. The Morgan fingerprint density at radius 1 is 0.810 bits per heavy atom. The van der Waals surface area contributed by atoms with Crippen LogP contribution in [0.1, 0.15) is 9.75 Å². The second-order valence-electron chi connectivity index (χ2n) is 5.27. The molecule has 0 N–H and O–H groups in total. The molecular formula is C19H19NS. The van der Waals surface area contributed by atoms with Crippen LogP contribution in [0.25, 0.3) is 11.1 Å². The van der Waals surface area contributed by atoms with Crippen LogP contribution in [-0.2, 0) is 0 Å². The Morgan fingerprint density at radius 2 is 1.43 bits per heavy atom. The maximum Gasteiger partial charge on any atom is 0.0549 e. The summed E-state index contributed by atoms with van der Waals surface area (Å²) >= 11 is 1.85. The summed E-state index contributed by atoms with van der Waals surface area (Å²) in [6.45, 7) is 4.34. The van der Waals surface area contributed by atoms with Crippen LogP contribution >= 0.6 is 11.3 Å². The van der Waals surface area contributed by atoms with E-state index < -0.39 is 0 Å². The summed E-state index contributed by atoms with van der Waals surface area (Å²) in [5.74, 6) is 0. The molecule has 21 heavy (non-hydrogen) atoms. The van der Waals surface area contributed by atoms with Gasteiger partial charge in [0.05, 0.1) is 5.69 Å². The van der Waals surface area contributed by atoms with E-state index in [1.54, 1.807) is 0 Å². The average molecular weight is 293 g/mol. The first-order valence-corrected chi connectivity index (χ1v) is 7.93. The molecule has 0 bridgehead atoms. The van der Waals surface area contributed by atoms with Gasteiger partial charge in [0.25, 0.3) is 0 Å². The van der Waals surface area contributed by atoms with Crippen molar-refractivity contribution in [2.75, 3.05) is 11.9 Å². The van der Waals surface area contributed by atoms with Crippen molar-refractivity contribution in [2.24, 2.45) is 0 Å². The van der Waals surface area contributed by atoms with Crippen molar-refractivity contribution in [3.8, 4) is 11.1 Å². The molecule has 0 unspecified atom stereocenters. The summed E-state index contributed by atoms with van der Waals surface area (Å²) in [6, 6.07) is 21.5. The van der Waals surface area contributed by atoms with E-state index in [9.17, 15) is 0 Å². The molecule has 0 atom stereocenters. The lowest BCUT2D eigenvalue weighted by atomic mass is 10.1. The van der Waals surface area contributed by atoms with Crippen molar-refractivity contribution in [2.45, 2.75) is 13.8 Å². The Bertz CT molecular complexity index is 726. The third-order valence-electron chi connectivity index (χ3n) is 3.74. The second-order valence-corrected chi connectivity index (χ2v) is 6.73. The highest BCUT2D eigenvalue weighted by Crippen LogP contribution is 2.33. The van der Waals surface area contributed by atoms with Crippen LogP contribution in [-0.4, -0.2) is 7.05 Å². The van der Waals surface area contributed by atoms with Gasteiger partial charge in [-0.05, 0) is 43.2 Å². The molecule has 106 valence electrons. The van der Waals surface area contributed by atoms with Gasteiger partial charge < -0.3 is 4.90 Å². The van der Waals surface area contributed by atoms with Gasteiger partial charge >= 0.3 is 0 Å². The molecule has 0 saturated heterocycles. The first kappa shape index (κ1) is 13.9. The van der Waals surface area contributed by atoms with Gasteiger partial charge in [-0.1, -0.05) is 42.5 Å². The van der Waals surface area contributed by atoms with Gasteiger partial charge in [0.1, 0.15) is 0 Å². The number of thiophene rings is 1. The summed E-state index contributed by atoms with van der Waals surface area (Å²) in [5.41, 5.74) is 5.03. The highest BCUT2D eigenvalue weighted by atomic mass is 32.1. The van der Waals surface area contributed by atoms with Crippen molar-refractivity contribution in [1.29, 1.82) is 0 Å². The highest BCUT2D eigenvalue weighted by molar-refractivity contribution is 7.12. The lowest BCUT2D eigenvalue weighted by molar-refractivity contribution is 1.20. The number of benzene rings is 2. The van der Waals surface area contributed by atoms with Crippen molar-refractivity contribution in [3.05, 3.63) is 70.4 Å². The Balaban J connectivity index is 1.89. The molecule has 1 aromatic heterocycles. The van der Waals surface area contributed by atoms with Crippen molar-refractivity contribution >= 4 is 22.7 Å². The van der Waals surface area contributed by atoms with Crippen LogP contribution in [0.2, 0.25) is 0 Å². The number of hydrogen-bond acceptors (Lipinski definition) is 2. The Labute approximate surface area is 130 Å². The number of anilines is 2. The van der Waals surface area contributed by atoms with E-state index in [0.717, 1.165) is 0 Å². The predicted octanol–water partition coefficient (Wildman–Crippen LogP) is 5.80. The summed E-state index contributed by atoms with van der Waals surface area (Å²) in [6.07, 6.45) is 0. The van der Waals surface area contributed by atoms with Crippen LogP contribution in [0.5, 0.6) is 0 Å². The normalized spacial score (nSPS) is 10.6. The van der Waals surface area contributed by atoms with Crippen LogP contribution in [0, 0.1) is 13.8 Å². The fourth-order valence-corrected chi connectivity index (χ4v) is 3.55. The molecule has 2 aromatic carbocycles. The Hall–Kier alpha value is -2.06. The standard InChI is InChI=1S/C19H19NS/c1-14-13-19(15(2)21-14)20(3)18-11-9-17(10-12-18)16-7-5-4-6-8-16/h4-13H,1-3H3. The smallest absolute Gasteiger partial charge is 0.0549 e. The van der Waals surface area contributed by atoms with Gasteiger partial charge in [0.2, 0.25) is 0 Å². The molecular weight excluding hydrogens is 274 g/mol. The Kier molecular flexibility index (Phi) is 3.80. The molecule has 3 aromatic rings. The highest BCUT2D eigenvalue weighted by Gasteiger charge is 2.09. The van der Waals surface area contributed by atoms with Gasteiger partial charge in [-0.15, -0.1) is 11.3 Å². The first-order valence-electron chi connectivity index (χ1n) is 7.11. The zero-order valence-corrected chi connectivity index (χ0v) is 13.4.